The van der Waals surface area contributed by atoms with Gasteiger partial charge in [0.1, 0.15) is 5.60 Å². The van der Waals surface area contributed by atoms with E-state index < -0.39 is 5.60 Å². The lowest BCUT2D eigenvalue weighted by Gasteiger charge is -2.36. The van der Waals surface area contributed by atoms with Crippen LogP contribution in [0.15, 0.2) is 18.3 Å². The number of carbonyl (C=O) groups excluding carboxylic acids is 1. The molecule has 1 aromatic rings. The van der Waals surface area contributed by atoms with Gasteiger partial charge in [-0.3, -0.25) is 4.98 Å². The van der Waals surface area contributed by atoms with E-state index in [1.54, 1.807) is 0 Å². The van der Waals surface area contributed by atoms with Crippen LogP contribution in [0.25, 0.3) is 0 Å². The highest BCUT2D eigenvalue weighted by Crippen LogP contribution is 2.21. The summed E-state index contributed by atoms with van der Waals surface area (Å²) in [5, 5.41) is 6.37. The van der Waals surface area contributed by atoms with E-state index in [4.69, 9.17) is 4.74 Å². The number of aromatic nitrogens is 1. The number of pyridine rings is 1. The number of hydrogen-bond donors (Lipinski definition) is 2. The van der Waals surface area contributed by atoms with E-state index >= 15 is 0 Å². The predicted molar refractivity (Wildman–Crippen MR) is 82.0 cm³/mol. The lowest BCUT2D eigenvalue weighted by Crippen LogP contribution is -2.53. The van der Waals surface area contributed by atoms with Gasteiger partial charge in [0.25, 0.3) is 0 Å². The maximum atomic E-state index is 11.6. The van der Waals surface area contributed by atoms with Crippen molar-refractivity contribution in [2.24, 2.45) is 0 Å². The van der Waals surface area contributed by atoms with Crippen LogP contribution in [0.3, 0.4) is 0 Å². The molecule has 0 radical (unpaired) electrons. The summed E-state index contributed by atoms with van der Waals surface area (Å²) in [7, 11) is 0. The molecule has 5 heteroatoms. The first-order chi connectivity index (χ1) is 9.83. The maximum absolute atomic E-state index is 11.6. The highest BCUT2D eigenvalue weighted by Gasteiger charge is 2.31. The third-order valence-electron chi connectivity index (χ3n) is 3.53. The van der Waals surface area contributed by atoms with Crippen LogP contribution in [0.5, 0.6) is 0 Å². The molecular weight excluding hydrogens is 266 g/mol. The van der Waals surface area contributed by atoms with Gasteiger partial charge in [0.05, 0.1) is 5.69 Å². The molecule has 0 bridgehead atoms. The van der Waals surface area contributed by atoms with Crippen LogP contribution >= 0.6 is 0 Å². The van der Waals surface area contributed by atoms with Crippen LogP contribution in [-0.4, -0.2) is 28.8 Å². The van der Waals surface area contributed by atoms with Crippen LogP contribution in [0.2, 0.25) is 0 Å². The SMILES string of the molecule is Cc1cccnc1CNC1CC(NC(=O)OC(C)(C)C)C1. The van der Waals surface area contributed by atoms with Gasteiger partial charge in [0, 0.05) is 24.8 Å². The second-order valence-corrected chi connectivity index (χ2v) is 6.66. The molecule has 5 nitrogen and oxygen atoms in total. The number of nitrogens with one attached hydrogen (secondary N) is 2. The topological polar surface area (TPSA) is 63.2 Å². The third kappa shape index (κ3) is 5.01. The molecule has 21 heavy (non-hydrogen) atoms. The minimum absolute atomic E-state index is 0.210. The lowest BCUT2D eigenvalue weighted by atomic mass is 9.87. The van der Waals surface area contributed by atoms with Gasteiger partial charge in [-0.25, -0.2) is 4.79 Å². The molecule has 1 amide bonds. The standard InChI is InChI=1S/C16H25N3O2/c1-11-6-5-7-17-14(11)10-18-12-8-13(9-12)19-15(20)21-16(2,3)4/h5-7,12-13,18H,8-10H2,1-4H3,(H,19,20). The molecule has 1 heterocycles. The second-order valence-electron chi connectivity index (χ2n) is 6.66. The van der Waals surface area contributed by atoms with Crippen molar-refractivity contribution in [1.82, 2.24) is 15.6 Å². The molecular formula is C16H25N3O2. The van der Waals surface area contributed by atoms with E-state index in [1.807, 2.05) is 33.0 Å². The Kier molecular flexibility index (Phi) is 4.83. The zero-order chi connectivity index (χ0) is 15.5. The van der Waals surface area contributed by atoms with Crippen LogP contribution in [0.1, 0.15) is 44.9 Å². The summed E-state index contributed by atoms with van der Waals surface area (Å²) in [6.07, 6.45) is 3.36. The molecule has 1 fully saturated rings. The third-order valence-corrected chi connectivity index (χ3v) is 3.53. The van der Waals surface area contributed by atoms with Crippen LogP contribution in [0, 0.1) is 6.92 Å². The summed E-state index contributed by atoms with van der Waals surface area (Å²) in [5.74, 6) is 0. The van der Waals surface area contributed by atoms with E-state index in [2.05, 4.69) is 28.6 Å². The van der Waals surface area contributed by atoms with Crippen LogP contribution in [-0.2, 0) is 11.3 Å². The molecule has 0 aliphatic heterocycles. The van der Waals surface area contributed by atoms with Gasteiger partial charge >= 0.3 is 6.09 Å². The Morgan fingerprint density at radius 2 is 2.10 bits per heavy atom. The smallest absolute Gasteiger partial charge is 0.407 e. The maximum Gasteiger partial charge on any atom is 0.407 e. The number of alkyl carbamates (subject to hydrolysis) is 1. The monoisotopic (exact) mass is 291 g/mol. The number of aryl methyl sites for hydroxylation is 1. The van der Waals surface area contributed by atoms with Crippen molar-refractivity contribution in [3.8, 4) is 0 Å². The lowest BCUT2D eigenvalue weighted by molar-refractivity contribution is 0.0465. The Morgan fingerprint density at radius 3 is 2.71 bits per heavy atom. The summed E-state index contributed by atoms with van der Waals surface area (Å²) in [4.78, 5) is 16.0. The van der Waals surface area contributed by atoms with Gasteiger partial charge in [-0.05, 0) is 52.2 Å². The van der Waals surface area contributed by atoms with Crippen molar-refractivity contribution in [1.29, 1.82) is 0 Å². The Hall–Kier alpha value is -1.62. The van der Waals surface area contributed by atoms with Crippen LogP contribution < -0.4 is 10.6 Å². The fraction of sp³-hybridized carbons (Fsp3) is 0.625. The average molecular weight is 291 g/mol. The number of amides is 1. The Labute approximate surface area is 126 Å². The fourth-order valence-corrected chi connectivity index (χ4v) is 2.32. The van der Waals surface area contributed by atoms with Crippen molar-refractivity contribution in [3.05, 3.63) is 29.6 Å². The molecule has 1 saturated carbocycles. The average Bonchev–Trinajstić information content (AvgIpc) is 2.31. The molecule has 1 aliphatic rings. The first-order valence-electron chi connectivity index (χ1n) is 7.47. The first-order valence-corrected chi connectivity index (χ1v) is 7.47. The number of nitrogens with zero attached hydrogens (tertiary/aromatic N) is 1. The molecule has 0 aromatic carbocycles. The van der Waals surface area contributed by atoms with Crippen molar-refractivity contribution in [2.75, 3.05) is 0 Å². The number of ether oxygens (including phenoxy) is 1. The molecule has 2 rings (SSSR count). The molecule has 0 unspecified atom stereocenters. The molecule has 1 aromatic heterocycles. The second kappa shape index (κ2) is 6.43. The molecule has 116 valence electrons. The normalized spacial score (nSPS) is 21.5. The Bertz CT molecular complexity index is 491. The summed E-state index contributed by atoms with van der Waals surface area (Å²) in [5.41, 5.74) is 1.84. The molecule has 1 aliphatic carbocycles. The van der Waals surface area contributed by atoms with E-state index in [-0.39, 0.29) is 12.1 Å². The van der Waals surface area contributed by atoms with Gasteiger partial charge in [0.15, 0.2) is 0 Å². The highest BCUT2D eigenvalue weighted by atomic mass is 16.6. The summed E-state index contributed by atoms with van der Waals surface area (Å²) in [6, 6.07) is 4.66. The van der Waals surface area contributed by atoms with Crippen LogP contribution in [0.4, 0.5) is 4.79 Å². The van der Waals surface area contributed by atoms with Crippen molar-refractivity contribution in [2.45, 2.75) is 64.8 Å². The van der Waals surface area contributed by atoms with E-state index in [0.29, 0.717) is 6.04 Å². The van der Waals surface area contributed by atoms with Crippen molar-refractivity contribution in [3.63, 3.8) is 0 Å². The zero-order valence-electron chi connectivity index (χ0n) is 13.3. The van der Waals surface area contributed by atoms with E-state index in [9.17, 15) is 4.79 Å². The largest absolute Gasteiger partial charge is 0.444 e. The molecule has 0 saturated heterocycles. The van der Waals surface area contributed by atoms with E-state index in [1.165, 1.54) is 5.56 Å². The van der Waals surface area contributed by atoms with Gasteiger partial charge < -0.3 is 15.4 Å². The molecule has 2 N–H and O–H groups in total. The summed E-state index contributed by atoms with van der Waals surface area (Å²) >= 11 is 0. The van der Waals surface area contributed by atoms with E-state index in [0.717, 1.165) is 25.1 Å². The van der Waals surface area contributed by atoms with Crippen molar-refractivity contribution >= 4 is 6.09 Å². The van der Waals surface area contributed by atoms with Gasteiger partial charge in [0.2, 0.25) is 0 Å². The van der Waals surface area contributed by atoms with Gasteiger partial charge in [-0.1, -0.05) is 6.07 Å². The van der Waals surface area contributed by atoms with Gasteiger partial charge in [-0.2, -0.15) is 0 Å². The number of hydrogen-bond acceptors (Lipinski definition) is 4. The zero-order valence-corrected chi connectivity index (χ0v) is 13.3. The Morgan fingerprint density at radius 1 is 1.38 bits per heavy atom. The highest BCUT2D eigenvalue weighted by molar-refractivity contribution is 5.68. The van der Waals surface area contributed by atoms with Crippen molar-refractivity contribution < 1.29 is 9.53 Å². The predicted octanol–water partition coefficient (Wildman–Crippen LogP) is 2.54. The number of rotatable bonds is 4. The summed E-state index contributed by atoms with van der Waals surface area (Å²) in [6.45, 7) is 8.45. The molecule has 0 atom stereocenters. The minimum atomic E-state index is -0.442. The number of carbonyl (C=O) groups is 1. The molecule has 0 spiro atoms. The quantitative estimate of drug-likeness (QED) is 0.895. The Balaban J connectivity index is 1.66. The first kappa shape index (κ1) is 15.8. The fourth-order valence-electron chi connectivity index (χ4n) is 2.32. The minimum Gasteiger partial charge on any atom is -0.444 e. The summed E-state index contributed by atoms with van der Waals surface area (Å²) < 4.78 is 5.24. The van der Waals surface area contributed by atoms with Gasteiger partial charge in [-0.15, -0.1) is 0 Å².